The van der Waals surface area contributed by atoms with Gasteiger partial charge < -0.3 is 5.73 Å². The number of benzene rings is 1. The predicted molar refractivity (Wildman–Crippen MR) is 118 cm³/mol. The van der Waals surface area contributed by atoms with Gasteiger partial charge in [0.05, 0.1) is 5.52 Å². The molecule has 0 radical (unpaired) electrons. The van der Waals surface area contributed by atoms with Crippen molar-refractivity contribution in [3.63, 3.8) is 0 Å². The Morgan fingerprint density at radius 3 is 2.37 bits per heavy atom. The fourth-order valence-electron chi connectivity index (χ4n) is 3.31. The van der Waals surface area contributed by atoms with E-state index in [1.165, 1.54) is 14.1 Å². The van der Waals surface area contributed by atoms with E-state index in [0.717, 1.165) is 37.6 Å². The second-order valence-corrected chi connectivity index (χ2v) is 9.29. The Kier molecular flexibility index (Phi) is 4.97. The van der Waals surface area contributed by atoms with Crippen molar-refractivity contribution >= 4 is 26.7 Å². The third-order valence-corrected chi connectivity index (χ3v) is 6.77. The number of nitrogens with zero attached hydrogens (tertiary/aromatic N) is 4. The normalized spacial score (nSPS) is 11.9. The minimum absolute atomic E-state index is 0.0127. The molecule has 3 heterocycles. The number of pyridine rings is 3. The van der Waals surface area contributed by atoms with Crippen LogP contribution in [0.15, 0.2) is 66.0 Å². The van der Waals surface area contributed by atoms with E-state index < -0.39 is 10.0 Å². The summed E-state index contributed by atoms with van der Waals surface area (Å²) in [5.41, 5.74) is 11.2. The summed E-state index contributed by atoms with van der Waals surface area (Å²) in [6.07, 6.45) is 5.14. The average molecular weight is 420 g/mol. The standard InChI is InChI=1S/C22H21N5O2S/c1-14-10-16(6-8-24-14)18-7-9-25-20-5-4-15(11-19(18)20)17-12-21(22(23)26-13-17)30(28,29)27(2)3/h4-13H,1-3H3,(H2,23,26). The van der Waals surface area contributed by atoms with E-state index in [-0.39, 0.29) is 10.7 Å². The van der Waals surface area contributed by atoms with Crippen LogP contribution in [0.4, 0.5) is 5.82 Å². The molecule has 0 saturated heterocycles. The molecule has 0 saturated carbocycles. The number of aryl methyl sites for hydroxylation is 1. The molecule has 2 N–H and O–H groups in total. The van der Waals surface area contributed by atoms with E-state index in [1.54, 1.807) is 24.7 Å². The molecule has 7 nitrogen and oxygen atoms in total. The van der Waals surface area contributed by atoms with Crippen LogP contribution in [0.1, 0.15) is 5.69 Å². The lowest BCUT2D eigenvalue weighted by Crippen LogP contribution is -2.23. The molecule has 152 valence electrons. The van der Waals surface area contributed by atoms with E-state index >= 15 is 0 Å². The van der Waals surface area contributed by atoms with Crippen LogP contribution in [-0.4, -0.2) is 41.8 Å². The van der Waals surface area contributed by atoms with Crippen LogP contribution in [0.5, 0.6) is 0 Å². The van der Waals surface area contributed by atoms with Crippen LogP contribution in [0.25, 0.3) is 33.2 Å². The molecule has 0 amide bonds. The monoisotopic (exact) mass is 419 g/mol. The van der Waals surface area contributed by atoms with Crippen LogP contribution in [0.3, 0.4) is 0 Å². The van der Waals surface area contributed by atoms with Gasteiger partial charge in [-0.15, -0.1) is 0 Å². The molecular formula is C22H21N5O2S. The third-order valence-electron chi connectivity index (χ3n) is 4.92. The van der Waals surface area contributed by atoms with E-state index in [0.29, 0.717) is 5.56 Å². The lowest BCUT2D eigenvalue weighted by molar-refractivity contribution is 0.521. The fraction of sp³-hybridized carbons (Fsp3) is 0.136. The highest BCUT2D eigenvalue weighted by atomic mass is 32.2. The molecule has 0 aliphatic heterocycles. The van der Waals surface area contributed by atoms with Gasteiger partial charge >= 0.3 is 0 Å². The largest absolute Gasteiger partial charge is 0.383 e. The molecule has 0 aliphatic rings. The molecule has 0 atom stereocenters. The number of nitrogens with two attached hydrogens (primary N) is 1. The number of sulfonamides is 1. The van der Waals surface area contributed by atoms with Crippen molar-refractivity contribution in [2.75, 3.05) is 19.8 Å². The van der Waals surface area contributed by atoms with Crippen molar-refractivity contribution in [2.45, 2.75) is 11.8 Å². The van der Waals surface area contributed by atoms with E-state index in [4.69, 9.17) is 5.73 Å². The first kappa shape index (κ1) is 19.9. The Hall–Kier alpha value is -3.36. The summed E-state index contributed by atoms with van der Waals surface area (Å²) in [6, 6.07) is 13.3. The molecule has 0 fully saturated rings. The zero-order chi connectivity index (χ0) is 21.5. The summed E-state index contributed by atoms with van der Waals surface area (Å²) in [5.74, 6) is -0.0251. The molecule has 0 bridgehead atoms. The second-order valence-electron chi connectivity index (χ2n) is 7.17. The highest BCUT2D eigenvalue weighted by Crippen LogP contribution is 2.32. The molecule has 8 heteroatoms. The Labute approximate surface area is 175 Å². The molecule has 3 aromatic heterocycles. The summed E-state index contributed by atoms with van der Waals surface area (Å²) in [6.45, 7) is 1.95. The van der Waals surface area contributed by atoms with Gasteiger partial charge in [0, 0.05) is 49.3 Å². The number of fused-ring (bicyclic) bond motifs is 1. The number of rotatable bonds is 4. The van der Waals surface area contributed by atoms with Gasteiger partial charge in [-0.05, 0) is 60.0 Å². The quantitative estimate of drug-likeness (QED) is 0.543. The first-order valence-electron chi connectivity index (χ1n) is 9.27. The number of anilines is 1. The lowest BCUT2D eigenvalue weighted by Gasteiger charge is -2.14. The van der Waals surface area contributed by atoms with E-state index in [9.17, 15) is 8.42 Å². The van der Waals surface area contributed by atoms with Crippen molar-refractivity contribution < 1.29 is 8.42 Å². The van der Waals surface area contributed by atoms with Gasteiger partial charge in [0.1, 0.15) is 10.7 Å². The Morgan fingerprint density at radius 2 is 1.63 bits per heavy atom. The van der Waals surface area contributed by atoms with Crippen LogP contribution < -0.4 is 5.73 Å². The number of nitrogen functional groups attached to an aromatic ring is 1. The zero-order valence-electron chi connectivity index (χ0n) is 16.9. The summed E-state index contributed by atoms with van der Waals surface area (Å²) in [7, 11) is -0.781. The minimum atomic E-state index is -3.71. The zero-order valence-corrected chi connectivity index (χ0v) is 17.7. The average Bonchev–Trinajstić information content (AvgIpc) is 2.73. The third kappa shape index (κ3) is 3.51. The first-order chi connectivity index (χ1) is 14.3. The van der Waals surface area contributed by atoms with Gasteiger partial charge in [0.15, 0.2) is 0 Å². The van der Waals surface area contributed by atoms with Gasteiger partial charge in [-0.2, -0.15) is 0 Å². The predicted octanol–water partition coefficient (Wildman–Crippen LogP) is 3.50. The summed E-state index contributed by atoms with van der Waals surface area (Å²) in [5, 5.41) is 0.953. The lowest BCUT2D eigenvalue weighted by atomic mass is 9.98. The van der Waals surface area contributed by atoms with Crippen LogP contribution in [0, 0.1) is 6.92 Å². The SMILES string of the molecule is Cc1cc(-c2ccnc3ccc(-c4cnc(N)c(S(=O)(=O)N(C)C)c4)cc23)ccn1. The Bertz CT molecular complexity index is 1370. The molecule has 4 rings (SSSR count). The highest BCUT2D eigenvalue weighted by Gasteiger charge is 2.22. The molecule has 4 aromatic rings. The Morgan fingerprint density at radius 1 is 0.867 bits per heavy atom. The number of hydrogen-bond donors (Lipinski definition) is 1. The maximum atomic E-state index is 12.6. The summed E-state index contributed by atoms with van der Waals surface area (Å²) in [4.78, 5) is 12.8. The molecule has 0 spiro atoms. The molecule has 0 aliphatic carbocycles. The van der Waals surface area contributed by atoms with Gasteiger partial charge in [-0.25, -0.2) is 17.7 Å². The van der Waals surface area contributed by atoms with E-state index in [2.05, 4.69) is 15.0 Å². The van der Waals surface area contributed by atoms with Gasteiger partial charge in [0.25, 0.3) is 0 Å². The fourth-order valence-corrected chi connectivity index (χ4v) is 4.29. The maximum absolute atomic E-state index is 12.6. The van der Waals surface area contributed by atoms with Gasteiger partial charge in [-0.3, -0.25) is 9.97 Å². The van der Waals surface area contributed by atoms with Gasteiger partial charge in [0.2, 0.25) is 10.0 Å². The van der Waals surface area contributed by atoms with Crippen molar-refractivity contribution in [2.24, 2.45) is 0 Å². The minimum Gasteiger partial charge on any atom is -0.383 e. The van der Waals surface area contributed by atoms with Crippen LogP contribution >= 0.6 is 0 Å². The summed E-state index contributed by atoms with van der Waals surface area (Å²) >= 11 is 0. The smallest absolute Gasteiger partial charge is 0.246 e. The molecule has 0 unspecified atom stereocenters. The highest BCUT2D eigenvalue weighted by molar-refractivity contribution is 7.89. The number of hydrogen-bond acceptors (Lipinski definition) is 6. The summed E-state index contributed by atoms with van der Waals surface area (Å²) < 4.78 is 26.3. The molecule has 30 heavy (non-hydrogen) atoms. The second kappa shape index (κ2) is 7.47. The van der Waals surface area contributed by atoms with Crippen molar-refractivity contribution in [1.29, 1.82) is 0 Å². The maximum Gasteiger partial charge on any atom is 0.246 e. The van der Waals surface area contributed by atoms with E-state index in [1.807, 2.05) is 43.3 Å². The van der Waals surface area contributed by atoms with Crippen LogP contribution in [-0.2, 0) is 10.0 Å². The van der Waals surface area contributed by atoms with Gasteiger partial charge in [-0.1, -0.05) is 6.07 Å². The first-order valence-corrected chi connectivity index (χ1v) is 10.7. The number of aromatic nitrogens is 3. The van der Waals surface area contributed by atoms with Crippen LogP contribution in [0.2, 0.25) is 0 Å². The Balaban J connectivity index is 1.90. The van der Waals surface area contributed by atoms with Crippen molar-refractivity contribution in [1.82, 2.24) is 19.3 Å². The topological polar surface area (TPSA) is 102 Å². The van der Waals surface area contributed by atoms with Crippen molar-refractivity contribution in [3.8, 4) is 22.3 Å². The molecule has 1 aromatic carbocycles. The van der Waals surface area contributed by atoms with Crippen molar-refractivity contribution in [3.05, 3.63) is 66.7 Å². The molecular weight excluding hydrogens is 398 g/mol.